The molecule has 1 fully saturated rings. The summed E-state index contributed by atoms with van der Waals surface area (Å²) in [5.74, 6) is 0.686. The van der Waals surface area contributed by atoms with Crippen molar-refractivity contribution >= 4 is 11.8 Å². The molecule has 1 N–H and O–H groups in total. The number of nitrogens with one attached hydrogen (secondary N) is 1. The lowest BCUT2D eigenvalue weighted by molar-refractivity contribution is -0.134. The minimum absolute atomic E-state index is 0.00451. The zero-order chi connectivity index (χ0) is 14.4. The number of carbonyl (C=O) groups is 2. The van der Waals surface area contributed by atoms with Crippen LogP contribution in [0, 0.1) is 0 Å². The molecular weight excluding hydrogens is 256 g/mol. The van der Waals surface area contributed by atoms with Gasteiger partial charge in [-0.15, -0.1) is 0 Å². The molecule has 5 heteroatoms. The Balaban J connectivity index is 1.73. The van der Waals surface area contributed by atoms with Crippen LogP contribution in [0.4, 0.5) is 0 Å². The van der Waals surface area contributed by atoms with Gasteiger partial charge >= 0.3 is 0 Å². The number of rotatable bonds is 4. The van der Waals surface area contributed by atoms with E-state index >= 15 is 0 Å². The van der Waals surface area contributed by atoms with E-state index in [4.69, 9.17) is 4.74 Å². The van der Waals surface area contributed by atoms with E-state index in [9.17, 15) is 9.59 Å². The highest BCUT2D eigenvalue weighted by Gasteiger charge is 2.23. The average Bonchev–Trinajstić information content (AvgIpc) is 2.46. The largest absolute Gasteiger partial charge is 0.484 e. The molecule has 1 heterocycles. The number of hydrogen-bond acceptors (Lipinski definition) is 3. The number of hydrogen-bond donors (Lipinski definition) is 1. The minimum Gasteiger partial charge on any atom is -0.484 e. The first-order chi connectivity index (χ1) is 9.65. The van der Waals surface area contributed by atoms with Crippen LogP contribution in [0.15, 0.2) is 30.3 Å². The predicted octanol–water partition coefficient (Wildman–Crippen LogP) is 1.19. The summed E-state index contributed by atoms with van der Waals surface area (Å²) < 4.78 is 5.45. The van der Waals surface area contributed by atoms with Crippen molar-refractivity contribution in [3.05, 3.63) is 30.3 Å². The number of nitrogens with zero attached hydrogens (tertiary/aromatic N) is 1. The third kappa shape index (κ3) is 4.26. The fraction of sp³-hybridized carbons (Fsp3) is 0.467. The van der Waals surface area contributed by atoms with E-state index in [-0.39, 0.29) is 24.5 Å². The molecule has 2 amide bonds. The number of amides is 2. The van der Waals surface area contributed by atoms with Crippen molar-refractivity contribution in [2.45, 2.75) is 25.8 Å². The van der Waals surface area contributed by atoms with E-state index in [1.54, 1.807) is 4.90 Å². The fourth-order valence-corrected chi connectivity index (χ4v) is 2.31. The third-order valence-corrected chi connectivity index (χ3v) is 3.36. The van der Waals surface area contributed by atoms with Crippen LogP contribution in [0.3, 0.4) is 0 Å². The van der Waals surface area contributed by atoms with Crippen molar-refractivity contribution in [2.75, 3.05) is 19.7 Å². The topological polar surface area (TPSA) is 58.6 Å². The van der Waals surface area contributed by atoms with Gasteiger partial charge < -0.3 is 15.0 Å². The van der Waals surface area contributed by atoms with Gasteiger partial charge in [0, 0.05) is 26.1 Å². The van der Waals surface area contributed by atoms with Gasteiger partial charge in [-0.3, -0.25) is 9.59 Å². The molecular formula is C15H20N2O3. The second kappa shape index (κ2) is 6.93. The molecule has 2 rings (SSSR count). The Morgan fingerprint density at radius 1 is 1.25 bits per heavy atom. The van der Waals surface area contributed by atoms with Gasteiger partial charge in [0.2, 0.25) is 5.91 Å². The van der Waals surface area contributed by atoms with Crippen molar-refractivity contribution in [1.29, 1.82) is 0 Å². The molecule has 1 saturated heterocycles. The van der Waals surface area contributed by atoms with Crippen LogP contribution in [0.25, 0.3) is 0 Å². The summed E-state index contributed by atoms with van der Waals surface area (Å²) in [6, 6.07) is 9.50. The minimum atomic E-state index is -0.0119. The molecule has 0 atom stereocenters. The van der Waals surface area contributed by atoms with E-state index in [1.807, 2.05) is 30.3 Å². The molecule has 0 spiro atoms. The second-order valence-corrected chi connectivity index (χ2v) is 4.96. The molecule has 0 aromatic heterocycles. The first-order valence-electron chi connectivity index (χ1n) is 6.88. The molecule has 0 radical (unpaired) electrons. The van der Waals surface area contributed by atoms with Gasteiger partial charge in [0.1, 0.15) is 5.75 Å². The zero-order valence-electron chi connectivity index (χ0n) is 11.7. The summed E-state index contributed by atoms with van der Waals surface area (Å²) >= 11 is 0. The summed E-state index contributed by atoms with van der Waals surface area (Å²) in [5.41, 5.74) is 0. The zero-order valence-corrected chi connectivity index (χ0v) is 11.7. The normalized spacial score (nSPS) is 15.8. The molecule has 1 aromatic carbocycles. The highest BCUT2D eigenvalue weighted by molar-refractivity contribution is 5.78. The molecule has 108 valence electrons. The molecule has 0 saturated carbocycles. The van der Waals surface area contributed by atoms with E-state index in [1.165, 1.54) is 6.92 Å². The van der Waals surface area contributed by atoms with Gasteiger partial charge in [0.05, 0.1) is 0 Å². The Kier molecular flexibility index (Phi) is 4.98. The monoisotopic (exact) mass is 276 g/mol. The van der Waals surface area contributed by atoms with Crippen LogP contribution in [-0.4, -0.2) is 42.5 Å². The van der Waals surface area contributed by atoms with Gasteiger partial charge in [-0.25, -0.2) is 0 Å². The Morgan fingerprint density at radius 2 is 1.90 bits per heavy atom. The van der Waals surface area contributed by atoms with Crippen LogP contribution in [0.5, 0.6) is 5.75 Å². The van der Waals surface area contributed by atoms with E-state index in [0.717, 1.165) is 12.8 Å². The molecule has 0 bridgehead atoms. The van der Waals surface area contributed by atoms with E-state index < -0.39 is 0 Å². The average molecular weight is 276 g/mol. The van der Waals surface area contributed by atoms with Crippen LogP contribution < -0.4 is 10.1 Å². The number of piperidine rings is 1. The third-order valence-electron chi connectivity index (χ3n) is 3.36. The van der Waals surface area contributed by atoms with Gasteiger partial charge in [0.15, 0.2) is 6.61 Å². The molecule has 0 unspecified atom stereocenters. The number of carbonyl (C=O) groups excluding carboxylic acids is 2. The molecule has 20 heavy (non-hydrogen) atoms. The highest BCUT2D eigenvalue weighted by atomic mass is 16.5. The van der Waals surface area contributed by atoms with Crippen LogP contribution >= 0.6 is 0 Å². The van der Waals surface area contributed by atoms with Gasteiger partial charge in [-0.1, -0.05) is 18.2 Å². The lowest BCUT2D eigenvalue weighted by atomic mass is 10.1. The van der Waals surface area contributed by atoms with Crippen molar-refractivity contribution < 1.29 is 14.3 Å². The summed E-state index contributed by atoms with van der Waals surface area (Å²) in [5, 5.41) is 2.89. The highest BCUT2D eigenvalue weighted by Crippen LogP contribution is 2.12. The quantitative estimate of drug-likeness (QED) is 0.898. The lowest BCUT2D eigenvalue weighted by Crippen LogP contribution is -2.47. The van der Waals surface area contributed by atoms with Gasteiger partial charge in [-0.2, -0.15) is 0 Å². The Morgan fingerprint density at radius 3 is 2.50 bits per heavy atom. The van der Waals surface area contributed by atoms with Crippen LogP contribution in [0.1, 0.15) is 19.8 Å². The number of para-hydroxylation sites is 1. The summed E-state index contributed by atoms with van der Waals surface area (Å²) in [7, 11) is 0. The maximum absolute atomic E-state index is 12.0. The predicted molar refractivity (Wildman–Crippen MR) is 75.4 cm³/mol. The van der Waals surface area contributed by atoms with Crippen LogP contribution in [-0.2, 0) is 9.59 Å². The van der Waals surface area contributed by atoms with Crippen molar-refractivity contribution in [2.24, 2.45) is 0 Å². The van der Waals surface area contributed by atoms with E-state index in [2.05, 4.69) is 5.32 Å². The smallest absolute Gasteiger partial charge is 0.260 e. The first kappa shape index (κ1) is 14.4. The lowest BCUT2D eigenvalue weighted by Gasteiger charge is -2.32. The summed E-state index contributed by atoms with van der Waals surface area (Å²) in [4.78, 5) is 24.8. The molecule has 0 aliphatic carbocycles. The summed E-state index contributed by atoms with van der Waals surface area (Å²) in [6.45, 7) is 2.92. The molecule has 1 aromatic rings. The van der Waals surface area contributed by atoms with Crippen molar-refractivity contribution in [3.8, 4) is 5.75 Å². The maximum atomic E-state index is 12.0. The number of likely N-dealkylation sites (tertiary alicyclic amines) is 1. The van der Waals surface area contributed by atoms with Crippen molar-refractivity contribution in [3.63, 3.8) is 0 Å². The van der Waals surface area contributed by atoms with Gasteiger partial charge in [0.25, 0.3) is 5.91 Å². The standard InChI is InChI=1S/C15H20N2O3/c1-12(18)16-13-7-9-17(10-8-13)15(19)11-20-14-5-3-2-4-6-14/h2-6,13H,7-11H2,1H3,(H,16,18). The molecule has 5 nitrogen and oxygen atoms in total. The number of ether oxygens (including phenoxy) is 1. The van der Waals surface area contributed by atoms with E-state index in [0.29, 0.717) is 18.8 Å². The SMILES string of the molecule is CC(=O)NC1CCN(C(=O)COc2ccccc2)CC1. The van der Waals surface area contributed by atoms with Crippen molar-refractivity contribution in [1.82, 2.24) is 10.2 Å². The Labute approximate surface area is 118 Å². The molecule has 1 aliphatic heterocycles. The summed E-state index contributed by atoms with van der Waals surface area (Å²) in [6.07, 6.45) is 1.60. The van der Waals surface area contributed by atoms with Gasteiger partial charge in [-0.05, 0) is 25.0 Å². The maximum Gasteiger partial charge on any atom is 0.260 e. The second-order valence-electron chi connectivity index (χ2n) is 4.96. The Bertz CT molecular complexity index is 453. The first-order valence-corrected chi connectivity index (χ1v) is 6.88. The number of benzene rings is 1. The van der Waals surface area contributed by atoms with Crippen LogP contribution in [0.2, 0.25) is 0 Å². The molecule has 1 aliphatic rings. The Hall–Kier alpha value is -2.04. The fourth-order valence-electron chi connectivity index (χ4n) is 2.31.